The van der Waals surface area contributed by atoms with E-state index in [4.69, 9.17) is 16.7 Å². The number of carboxylic acids is 1. The van der Waals surface area contributed by atoms with Gasteiger partial charge in [0.1, 0.15) is 10.8 Å². The van der Waals surface area contributed by atoms with Crippen LogP contribution in [0, 0.1) is 0 Å². The van der Waals surface area contributed by atoms with Crippen LogP contribution in [0.5, 0.6) is 0 Å². The second kappa shape index (κ2) is 5.46. The Morgan fingerprint density at radius 3 is 2.83 bits per heavy atom. The average Bonchev–Trinajstić information content (AvgIpc) is 2.67. The number of thiazole rings is 1. The Kier molecular flexibility index (Phi) is 3.93. The van der Waals surface area contributed by atoms with Gasteiger partial charge in [-0.15, -0.1) is 11.3 Å². The Bertz CT molecular complexity index is 608. The summed E-state index contributed by atoms with van der Waals surface area (Å²) >= 11 is 7.28. The minimum Gasteiger partial charge on any atom is -0.481 e. The maximum absolute atomic E-state index is 11.5. The van der Waals surface area contributed by atoms with Crippen LogP contribution in [0.2, 0.25) is 5.02 Å². The number of halogens is 1. The molecule has 0 amide bonds. The lowest BCUT2D eigenvalue weighted by Gasteiger charge is -1.94. The lowest BCUT2D eigenvalue weighted by molar-refractivity contribution is -0.138. The molecule has 2 aromatic rings. The maximum atomic E-state index is 11.5. The number of carbonyl (C=O) groups excluding carboxylic acids is 1. The van der Waals surface area contributed by atoms with Crippen molar-refractivity contribution in [3.05, 3.63) is 28.2 Å². The first-order valence-corrected chi connectivity index (χ1v) is 6.52. The topological polar surface area (TPSA) is 67.3 Å². The highest BCUT2D eigenvalue weighted by Gasteiger charge is 2.10. The van der Waals surface area contributed by atoms with Crippen LogP contribution in [0.3, 0.4) is 0 Å². The van der Waals surface area contributed by atoms with E-state index >= 15 is 0 Å². The van der Waals surface area contributed by atoms with Gasteiger partial charge in [0, 0.05) is 11.4 Å². The van der Waals surface area contributed by atoms with E-state index < -0.39 is 5.97 Å². The van der Waals surface area contributed by atoms with Crippen LogP contribution in [0.15, 0.2) is 18.2 Å². The summed E-state index contributed by atoms with van der Waals surface area (Å²) in [7, 11) is 0. The summed E-state index contributed by atoms with van der Waals surface area (Å²) in [6.07, 6.45) is 0.103. The Balaban J connectivity index is 2.07. The molecule has 0 unspecified atom stereocenters. The van der Waals surface area contributed by atoms with Crippen LogP contribution in [-0.2, 0) is 16.0 Å². The molecule has 0 radical (unpaired) electrons. The first-order valence-electron chi connectivity index (χ1n) is 5.33. The Morgan fingerprint density at radius 2 is 2.11 bits per heavy atom. The van der Waals surface area contributed by atoms with Gasteiger partial charge in [-0.3, -0.25) is 9.59 Å². The van der Waals surface area contributed by atoms with E-state index in [0.717, 1.165) is 10.2 Å². The van der Waals surface area contributed by atoms with E-state index in [2.05, 4.69) is 4.98 Å². The quantitative estimate of drug-likeness (QED) is 0.916. The molecule has 1 N–H and O–H groups in total. The van der Waals surface area contributed by atoms with Gasteiger partial charge in [0.25, 0.3) is 0 Å². The summed E-state index contributed by atoms with van der Waals surface area (Å²) in [4.78, 5) is 26.2. The zero-order valence-electron chi connectivity index (χ0n) is 9.35. The number of aromatic nitrogens is 1. The Hall–Kier alpha value is -1.46. The van der Waals surface area contributed by atoms with E-state index in [0.29, 0.717) is 10.0 Å². The Morgan fingerprint density at radius 1 is 1.33 bits per heavy atom. The highest BCUT2D eigenvalue weighted by molar-refractivity contribution is 7.18. The molecule has 0 atom stereocenters. The maximum Gasteiger partial charge on any atom is 0.303 e. The molecule has 0 saturated heterocycles. The third kappa shape index (κ3) is 3.27. The normalized spacial score (nSPS) is 10.7. The minimum absolute atomic E-state index is 0.0476. The lowest BCUT2D eigenvalue weighted by atomic mass is 10.2. The molecule has 4 nitrogen and oxygen atoms in total. The predicted octanol–water partition coefficient (Wildman–Crippen LogP) is 2.93. The Labute approximate surface area is 112 Å². The number of hydrogen-bond donors (Lipinski definition) is 1. The van der Waals surface area contributed by atoms with E-state index in [1.807, 2.05) is 0 Å². The zero-order chi connectivity index (χ0) is 13.1. The number of nitrogens with zero attached hydrogens (tertiary/aromatic N) is 1. The van der Waals surface area contributed by atoms with Gasteiger partial charge in [-0.05, 0) is 18.2 Å². The molecule has 0 saturated carbocycles. The number of fused-ring (bicyclic) bond motifs is 1. The number of carboxylic acid groups (broad SMARTS) is 1. The minimum atomic E-state index is -0.959. The van der Waals surface area contributed by atoms with Crippen LogP contribution in [-0.4, -0.2) is 21.8 Å². The molecule has 0 aliphatic heterocycles. The molecule has 0 aliphatic rings. The first-order chi connectivity index (χ1) is 8.54. The van der Waals surface area contributed by atoms with Crippen LogP contribution in [0.4, 0.5) is 0 Å². The van der Waals surface area contributed by atoms with Gasteiger partial charge < -0.3 is 5.11 Å². The molecule has 0 aliphatic carbocycles. The van der Waals surface area contributed by atoms with Crippen molar-refractivity contribution in [1.29, 1.82) is 0 Å². The van der Waals surface area contributed by atoms with Crippen LogP contribution in [0.1, 0.15) is 17.8 Å². The standard InChI is InChI=1S/C12H10ClNO3S/c13-7-1-3-9-10(5-7)18-11(14-9)6-8(15)2-4-12(16)17/h1,3,5H,2,4,6H2,(H,16,17). The monoisotopic (exact) mass is 283 g/mol. The molecule has 1 heterocycles. The molecule has 0 fully saturated rings. The second-order valence-corrected chi connectivity index (χ2v) is 5.38. The van der Waals surface area contributed by atoms with Gasteiger partial charge >= 0.3 is 5.97 Å². The fourth-order valence-electron chi connectivity index (χ4n) is 1.53. The summed E-state index contributed by atoms with van der Waals surface area (Å²) < 4.78 is 0.934. The van der Waals surface area contributed by atoms with Gasteiger partial charge in [-0.25, -0.2) is 4.98 Å². The largest absolute Gasteiger partial charge is 0.481 e. The van der Waals surface area contributed by atoms with Crippen molar-refractivity contribution in [3.63, 3.8) is 0 Å². The van der Waals surface area contributed by atoms with Crippen LogP contribution >= 0.6 is 22.9 Å². The number of Topliss-reactive ketones (excluding diaryl/α,β-unsaturated/α-hetero) is 1. The molecule has 94 valence electrons. The molecule has 2 rings (SSSR count). The third-order valence-electron chi connectivity index (χ3n) is 2.36. The number of rotatable bonds is 5. The van der Waals surface area contributed by atoms with E-state index in [9.17, 15) is 9.59 Å². The predicted molar refractivity (Wildman–Crippen MR) is 70.2 cm³/mol. The number of benzene rings is 1. The van der Waals surface area contributed by atoms with E-state index in [-0.39, 0.29) is 25.0 Å². The fourth-order valence-corrected chi connectivity index (χ4v) is 2.80. The van der Waals surface area contributed by atoms with Crippen LogP contribution in [0.25, 0.3) is 10.2 Å². The van der Waals surface area contributed by atoms with Gasteiger partial charge in [0.15, 0.2) is 0 Å². The van der Waals surface area contributed by atoms with Gasteiger partial charge in [0.2, 0.25) is 0 Å². The number of carbonyl (C=O) groups is 2. The molecule has 18 heavy (non-hydrogen) atoms. The molecule has 1 aromatic heterocycles. The summed E-state index contributed by atoms with van der Waals surface area (Å²) in [5, 5.41) is 9.82. The summed E-state index contributed by atoms with van der Waals surface area (Å²) in [5.74, 6) is -1.07. The number of ketones is 1. The van der Waals surface area contributed by atoms with Gasteiger partial charge in [-0.1, -0.05) is 11.6 Å². The lowest BCUT2D eigenvalue weighted by Crippen LogP contribution is -2.05. The van der Waals surface area contributed by atoms with Crippen molar-refractivity contribution in [3.8, 4) is 0 Å². The second-order valence-electron chi connectivity index (χ2n) is 3.83. The molecule has 1 aromatic carbocycles. The van der Waals surface area contributed by atoms with Crippen LogP contribution < -0.4 is 0 Å². The highest BCUT2D eigenvalue weighted by atomic mass is 35.5. The van der Waals surface area contributed by atoms with Crippen molar-refractivity contribution in [2.24, 2.45) is 0 Å². The molecule has 0 spiro atoms. The van der Waals surface area contributed by atoms with Crippen molar-refractivity contribution in [2.75, 3.05) is 0 Å². The van der Waals surface area contributed by atoms with E-state index in [1.165, 1.54) is 11.3 Å². The number of aliphatic carboxylic acids is 1. The third-order valence-corrected chi connectivity index (χ3v) is 3.61. The average molecular weight is 284 g/mol. The van der Waals surface area contributed by atoms with Crippen molar-refractivity contribution in [1.82, 2.24) is 4.98 Å². The van der Waals surface area contributed by atoms with E-state index in [1.54, 1.807) is 18.2 Å². The summed E-state index contributed by atoms with van der Waals surface area (Å²) in [5.41, 5.74) is 0.811. The SMILES string of the molecule is O=C(O)CCC(=O)Cc1nc2ccc(Cl)cc2s1. The summed E-state index contributed by atoms with van der Waals surface area (Å²) in [6, 6.07) is 5.36. The molecular weight excluding hydrogens is 274 g/mol. The van der Waals surface area contributed by atoms with Crippen molar-refractivity contribution >= 4 is 44.9 Å². The fraction of sp³-hybridized carbons (Fsp3) is 0.250. The van der Waals surface area contributed by atoms with Gasteiger partial charge in [-0.2, -0.15) is 0 Å². The van der Waals surface area contributed by atoms with Gasteiger partial charge in [0.05, 0.1) is 23.1 Å². The first kappa shape index (κ1) is 13.0. The number of hydrogen-bond acceptors (Lipinski definition) is 4. The smallest absolute Gasteiger partial charge is 0.303 e. The molecule has 6 heteroatoms. The molecule has 0 bridgehead atoms. The zero-order valence-corrected chi connectivity index (χ0v) is 10.9. The summed E-state index contributed by atoms with van der Waals surface area (Å²) in [6.45, 7) is 0. The van der Waals surface area contributed by atoms with Crippen molar-refractivity contribution < 1.29 is 14.7 Å². The molecular formula is C12H10ClNO3S. The highest BCUT2D eigenvalue weighted by Crippen LogP contribution is 2.25. The van der Waals surface area contributed by atoms with Crippen molar-refractivity contribution in [2.45, 2.75) is 19.3 Å².